The van der Waals surface area contributed by atoms with Crippen molar-refractivity contribution in [1.29, 1.82) is 0 Å². The Hall–Kier alpha value is -4.95. The Bertz CT molecular complexity index is 1810. The van der Waals surface area contributed by atoms with Gasteiger partial charge in [0, 0.05) is 39.4 Å². The van der Waals surface area contributed by atoms with Crippen LogP contribution in [0.1, 0.15) is 39.5 Å². The Morgan fingerprint density at radius 1 is 0.531 bits per heavy atom. The second-order valence-electron chi connectivity index (χ2n) is 11.5. The minimum Gasteiger partial charge on any atom is -0.490 e. The topological polar surface area (TPSA) is 89.5 Å². The molecule has 0 saturated carbocycles. The molecule has 0 spiro atoms. The molecule has 0 aliphatic rings. The van der Waals surface area contributed by atoms with Crippen LogP contribution in [0.25, 0.3) is 21.5 Å². The van der Waals surface area contributed by atoms with Gasteiger partial charge in [0.05, 0.1) is 0 Å². The summed E-state index contributed by atoms with van der Waals surface area (Å²) in [5.74, 6) is 1.84. The number of hydrogen-bond acceptors (Lipinski definition) is 8. The van der Waals surface area contributed by atoms with Crippen molar-refractivity contribution in [3.8, 4) is 23.0 Å². The number of ether oxygens (including phenoxy) is 6. The predicted molar refractivity (Wildman–Crippen MR) is 191 cm³/mol. The molecule has 0 N–H and O–H groups in total. The average Bonchev–Trinajstić information content (AvgIpc) is 3.11. The van der Waals surface area contributed by atoms with E-state index in [1.165, 1.54) is 0 Å². The number of benzene rings is 5. The van der Waals surface area contributed by atoms with Crippen LogP contribution in [0.3, 0.4) is 0 Å². The van der Waals surface area contributed by atoms with Crippen LogP contribution in [0.15, 0.2) is 103 Å². The molecule has 8 nitrogen and oxygen atoms in total. The minimum atomic E-state index is -0.675. The molecular formula is C40H41ClO8. The molecular weight excluding hydrogens is 644 g/mol. The van der Waals surface area contributed by atoms with Gasteiger partial charge >= 0.3 is 11.9 Å². The van der Waals surface area contributed by atoms with Crippen molar-refractivity contribution < 1.29 is 38.0 Å². The number of esters is 2. The van der Waals surface area contributed by atoms with E-state index in [1.54, 1.807) is 6.07 Å². The lowest BCUT2D eigenvalue weighted by atomic mass is 10.0. The zero-order valence-electron chi connectivity index (χ0n) is 27.8. The number of carbonyl (C=O) groups is 2. The molecule has 5 aromatic carbocycles. The molecule has 0 bridgehead atoms. The van der Waals surface area contributed by atoms with Gasteiger partial charge in [0.1, 0.15) is 49.4 Å². The fourth-order valence-electron chi connectivity index (χ4n) is 5.28. The summed E-state index contributed by atoms with van der Waals surface area (Å²) in [4.78, 5) is 25.1. The van der Waals surface area contributed by atoms with E-state index in [4.69, 9.17) is 40.0 Å². The van der Waals surface area contributed by atoms with E-state index >= 15 is 0 Å². The molecule has 2 unspecified atom stereocenters. The molecule has 0 amide bonds. The van der Waals surface area contributed by atoms with Gasteiger partial charge in [-0.15, -0.1) is 0 Å². The number of para-hydroxylation sites is 2. The maximum atomic E-state index is 12.5. The standard InChI is InChI=1S/C40H41ClO8/c1-3-13-37(42)48-31(24-44-29-15-7-5-8-16-29)26-46-39-33-19-11-12-20-34(33)40(36-23-28(41)21-22-35(36)39)47-27-32(49-38(43)14-4-2)25-45-30-17-9-6-10-18-30/h5-12,15-23,31-32H,3-4,13-14,24-27H2,1-2H3. The first-order valence-electron chi connectivity index (χ1n) is 16.6. The molecule has 0 heterocycles. The van der Waals surface area contributed by atoms with E-state index in [2.05, 4.69) is 0 Å². The van der Waals surface area contributed by atoms with Crippen LogP contribution >= 0.6 is 11.6 Å². The normalized spacial score (nSPS) is 12.2. The maximum absolute atomic E-state index is 12.5. The van der Waals surface area contributed by atoms with Crippen molar-refractivity contribution in [2.24, 2.45) is 0 Å². The molecule has 256 valence electrons. The lowest BCUT2D eigenvalue weighted by Crippen LogP contribution is -2.31. The van der Waals surface area contributed by atoms with Crippen LogP contribution in [0.4, 0.5) is 0 Å². The number of rotatable bonds is 18. The summed E-state index contributed by atoms with van der Waals surface area (Å²) in [5, 5.41) is 3.54. The lowest BCUT2D eigenvalue weighted by molar-refractivity contribution is -0.153. The monoisotopic (exact) mass is 684 g/mol. The van der Waals surface area contributed by atoms with Gasteiger partial charge in [0.15, 0.2) is 12.2 Å². The van der Waals surface area contributed by atoms with Crippen molar-refractivity contribution in [3.63, 3.8) is 0 Å². The fraction of sp³-hybridized carbons (Fsp3) is 0.300. The van der Waals surface area contributed by atoms with E-state index in [9.17, 15) is 9.59 Å². The fourth-order valence-corrected chi connectivity index (χ4v) is 5.45. The van der Waals surface area contributed by atoms with Gasteiger partial charge in [-0.05, 0) is 55.3 Å². The zero-order valence-corrected chi connectivity index (χ0v) is 28.5. The molecule has 5 aromatic rings. The van der Waals surface area contributed by atoms with Crippen molar-refractivity contribution in [2.75, 3.05) is 26.4 Å². The third-order valence-electron chi connectivity index (χ3n) is 7.58. The van der Waals surface area contributed by atoms with Gasteiger partial charge in [0.25, 0.3) is 0 Å². The molecule has 2 atom stereocenters. The Morgan fingerprint density at radius 2 is 0.939 bits per heavy atom. The second kappa shape index (κ2) is 18.0. The van der Waals surface area contributed by atoms with E-state index in [-0.39, 0.29) is 38.4 Å². The number of hydrogen-bond donors (Lipinski definition) is 0. The molecule has 0 aliphatic carbocycles. The van der Waals surface area contributed by atoms with E-state index in [1.807, 2.05) is 111 Å². The van der Waals surface area contributed by atoms with Crippen LogP contribution < -0.4 is 18.9 Å². The molecule has 0 saturated heterocycles. The summed E-state index contributed by atoms with van der Waals surface area (Å²) in [6.07, 6.45) is 0.577. The molecule has 0 aliphatic heterocycles. The van der Waals surface area contributed by atoms with Gasteiger partial charge in [-0.1, -0.05) is 86.1 Å². The summed E-state index contributed by atoms with van der Waals surface area (Å²) in [6, 6.07) is 31.9. The summed E-state index contributed by atoms with van der Waals surface area (Å²) < 4.78 is 36.5. The van der Waals surface area contributed by atoms with Crippen molar-refractivity contribution in [1.82, 2.24) is 0 Å². The maximum Gasteiger partial charge on any atom is 0.306 e. The van der Waals surface area contributed by atoms with Crippen LogP contribution in [-0.2, 0) is 19.1 Å². The molecule has 0 radical (unpaired) electrons. The number of fused-ring (bicyclic) bond motifs is 2. The Morgan fingerprint density at radius 3 is 1.41 bits per heavy atom. The summed E-state index contributed by atoms with van der Waals surface area (Å²) in [7, 11) is 0. The lowest BCUT2D eigenvalue weighted by Gasteiger charge is -2.23. The Kier molecular flexibility index (Phi) is 13.0. The summed E-state index contributed by atoms with van der Waals surface area (Å²) in [5.41, 5.74) is 0. The van der Waals surface area contributed by atoms with E-state index in [0.29, 0.717) is 59.1 Å². The highest BCUT2D eigenvalue weighted by Gasteiger charge is 2.23. The number of carbonyl (C=O) groups excluding carboxylic acids is 2. The Labute approximate surface area is 291 Å². The third-order valence-corrected chi connectivity index (χ3v) is 7.81. The van der Waals surface area contributed by atoms with Crippen LogP contribution in [-0.4, -0.2) is 50.6 Å². The van der Waals surface area contributed by atoms with Crippen LogP contribution in [0.2, 0.25) is 5.02 Å². The molecule has 5 rings (SSSR count). The highest BCUT2D eigenvalue weighted by atomic mass is 35.5. The molecule has 49 heavy (non-hydrogen) atoms. The molecule has 0 fully saturated rings. The predicted octanol–water partition coefficient (Wildman–Crippen LogP) is 8.99. The molecule has 0 aromatic heterocycles. The SMILES string of the molecule is CCCC(=O)OC(COc1ccccc1)COc1c2ccccc2c(OCC(COc2ccccc2)OC(=O)CCC)c2cc(Cl)ccc12. The zero-order chi connectivity index (χ0) is 34.4. The average molecular weight is 685 g/mol. The number of halogens is 1. The van der Waals surface area contributed by atoms with Gasteiger partial charge in [-0.25, -0.2) is 0 Å². The third kappa shape index (κ3) is 10.0. The first-order chi connectivity index (χ1) is 23.9. The van der Waals surface area contributed by atoms with Crippen molar-refractivity contribution in [3.05, 3.63) is 108 Å². The van der Waals surface area contributed by atoms with Gasteiger partial charge in [-0.3, -0.25) is 9.59 Å². The van der Waals surface area contributed by atoms with Crippen LogP contribution in [0, 0.1) is 0 Å². The van der Waals surface area contributed by atoms with Gasteiger partial charge < -0.3 is 28.4 Å². The Balaban J connectivity index is 1.43. The van der Waals surface area contributed by atoms with Crippen molar-refractivity contribution in [2.45, 2.75) is 51.7 Å². The van der Waals surface area contributed by atoms with Gasteiger partial charge in [-0.2, -0.15) is 0 Å². The largest absolute Gasteiger partial charge is 0.490 e. The summed E-state index contributed by atoms with van der Waals surface area (Å²) in [6.45, 7) is 4.17. The second-order valence-corrected chi connectivity index (χ2v) is 11.9. The smallest absolute Gasteiger partial charge is 0.306 e. The minimum absolute atomic E-state index is 0.0420. The van der Waals surface area contributed by atoms with E-state index in [0.717, 1.165) is 16.2 Å². The quantitative estimate of drug-likeness (QED) is 0.0668. The van der Waals surface area contributed by atoms with Gasteiger partial charge in [0.2, 0.25) is 0 Å². The highest BCUT2D eigenvalue weighted by Crippen LogP contribution is 2.44. The molecule has 9 heteroatoms. The summed E-state index contributed by atoms with van der Waals surface area (Å²) >= 11 is 6.53. The first kappa shape index (κ1) is 35.4. The van der Waals surface area contributed by atoms with Crippen LogP contribution in [0.5, 0.6) is 23.0 Å². The van der Waals surface area contributed by atoms with Crippen molar-refractivity contribution >= 4 is 45.1 Å². The highest BCUT2D eigenvalue weighted by molar-refractivity contribution is 6.31. The first-order valence-corrected chi connectivity index (χ1v) is 17.0. The van der Waals surface area contributed by atoms with E-state index < -0.39 is 12.2 Å².